The SMILES string of the molecule is CCNC(C)(C)C(=O)Nc1ccc(Br)cc1F. The van der Waals surface area contributed by atoms with Crippen LogP contribution in [-0.2, 0) is 4.79 Å². The van der Waals surface area contributed by atoms with Gasteiger partial charge in [-0.3, -0.25) is 4.79 Å². The number of anilines is 1. The van der Waals surface area contributed by atoms with Crippen LogP contribution in [0, 0.1) is 5.82 Å². The number of hydrogen-bond donors (Lipinski definition) is 2. The first-order valence-corrected chi connectivity index (χ1v) is 6.17. The lowest BCUT2D eigenvalue weighted by molar-refractivity contribution is -0.121. The highest BCUT2D eigenvalue weighted by molar-refractivity contribution is 9.10. The van der Waals surface area contributed by atoms with Gasteiger partial charge < -0.3 is 10.6 Å². The molecule has 3 nitrogen and oxygen atoms in total. The molecule has 17 heavy (non-hydrogen) atoms. The van der Waals surface area contributed by atoms with Crippen LogP contribution >= 0.6 is 15.9 Å². The molecule has 5 heteroatoms. The molecule has 0 fully saturated rings. The van der Waals surface area contributed by atoms with Crippen LogP contribution in [0.15, 0.2) is 22.7 Å². The minimum absolute atomic E-state index is 0.184. The third-order valence-corrected chi connectivity index (χ3v) is 2.86. The van der Waals surface area contributed by atoms with E-state index in [0.29, 0.717) is 11.0 Å². The third-order valence-electron chi connectivity index (χ3n) is 2.37. The van der Waals surface area contributed by atoms with E-state index in [1.807, 2.05) is 6.92 Å². The van der Waals surface area contributed by atoms with Crippen LogP contribution in [0.3, 0.4) is 0 Å². The third kappa shape index (κ3) is 3.78. The van der Waals surface area contributed by atoms with E-state index >= 15 is 0 Å². The average molecular weight is 303 g/mol. The van der Waals surface area contributed by atoms with Crippen LogP contribution in [0.2, 0.25) is 0 Å². The van der Waals surface area contributed by atoms with Gasteiger partial charge in [0.15, 0.2) is 0 Å². The summed E-state index contributed by atoms with van der Waals surface area (Å²) in [5.41, 5.74) is -0.543. The van der Waals surface area contributed by atoms with E-state index < -0.39 is 11.4 Å². The van der Waals surface area contributed by atoms with Gasteiger partial charge >= 0.3 is 0 Å². The van der Waals surface area contributed by atoms with Gasteiger partial charge in [0.2, 0.25) is 5.91 Å². The second-order valence-electron chi connectivity index (χ2n) is 4.23. The number of hydrogen-bond acceptors (Lipinski definition) is 2. The maximum atomic E-state index is 13.5. The number of nitrogens with one attached hydrogen (secondary N) is 2. The Bertz CT molecular complexity index is 421. The van der Waals surface area contributed by atoms with Crippen molar-refractivity contribution in [1.82, 2.24) is 5.32 Å². The Balaban J connectivity index is 2.81. The molecule has 94 valence electrons. The number of benzene rings is 1. The van der Waals surface area contributed by atoms with Crippen molar-refractivity contribution in [3.05, 3.63) is 28.5 Å². The van der Waals surface area contributed by atoms with Crippen molar-refractivity contribution in [2.24, 2.45) is 0 Å². The number of carbonyl (C=O) groups is 1. The standard InChI is InChI=1S/C12H16BrFN2O/c1-4-15-12(2,3)11(17)16-10-6-5-8(13)7-9(10)14/h5-7,15H,4H2,1-3H3,(H,16,17). The van der Waals surface area contributed by atoms with Gasteiger partial charge in [-0.15, -0.1) is 0 Å². The monoisotopic (exact) mass is 302 g/mol. The molecule has 0 spiro atoms. The summed E-state index contributed by atoms with van der Waals surface area (Å²) in [5.74, 6) is -0.722. The van der Waals surface area contributed by atoms with Gasteiger partial charge in [-0.1, -0.05) is 22.9 Å². The van der Waals surface area contributed by atoms with E-state index in [0.717, 1.165) is 0 Å². The van der Waals surface area contributed by atoms with E-state index in [2.05, 4.69) is 26.6 Å². The maximum Gasteiger partial charge on any atom is 0.244 e. The lowest BCUT2D eigenvalue weighted by Gasteiger charge is -2.24. The van der Waals surface area contributed by atoms with E-state index in [1.165, 1.54) is 12.1 Å². The smallest absolute Gasteiger partial charge is 0.244 e. The maximum absolute atomic E-state index is 13.5. The van der Waals surface area contributed by atoms with Crippen molar-refractivity contribution in [1.29, 1.82) is 0 Å². The van der Waals surface area contributed by atoms with Gasteiger partial charge in [0.1, 0.15) is 5.82 Å². The molecule has 0 aliphatic carbocycles. The van der Waals surface area contributed by atoms with E-state index in [-0.39, 0.29) is 11.6 Å². The summed E-state index contributed by atoms with van der Waals surface area (Å²) in [6.45, 7) is 6.09. The Morgan fingerprint density at radius 2 is 2.12 bits per heavy atom. The normalized spacial score (nSPS) is 11.4. The van der Waals surface area contributed by atoms with Crippen LogP contribution in [0.25, 0.3) is 0 Å². The Kier molecular flexibility index (Phi) is 4.65. The van der Waals surface area contributed by atoms with Crippen LogP contribution in [0.5, 0.6) is 0 Å². The Hall–Kier alpha value is -0.940. The van der Waals surface area contributed by atoms with Crippen molar-refractivity contribution in [2.75, 3.05) is 11.9 Å². The van der Waals surface area contributed by atoms with Gasteiger partial charge in [0, 0.05) is 4.47 Å². The molecular formula is C12H16BrFN2O. The van der Waals surface area contributed by atoms with Gasteiger partial charge in [-0.2, -0.15) is 0 Å². The summed E-state index contributed by atoms with van der Waals surface area (Å²) >= 11 is 3.16. The van der Waals surface area contributed by atoms with Gasteiger partial charge in [0.25, 0.3) is 0 Å². The fraction of sp³-hybridized carbons (Fsp3) is 0.417. The van der Waals surface area contributed by atoms with E-state index in [4.69, 9.17) is 0 Å². The number of carbonyl (C=O) groups excluding carboxylic acids is 1. The van der Waals surface area contributed by atoms with Crippen molar-refractivity contribution in [3.63, 3.8) is 0 Å². The van der Waals surface area contributed by atoms with Crippen molar-refractivity contribution < 1.29 is 9.18 Å². The van der Waals surface area contributed by atoms with Gasteiger partial charge in [0.05, 0.1) is 11.2 Å². The zero-order valence-electron chi connectivity index (χ0n) is 10.1. The number of rotatable bonds is 4. The molecule has 0 heterocycles. The molecule has 2 N–H and O–H groups in total. The first-order chi connectivity index (χ1) is 7.86. The fourth-order valence-electron chi connectivity index (χ4n) is 1.39. The highest BCUT2D eigenvalue weighted by atomic mass is 79.9. The molecule has 1 aromatic carbocycles. The number of amides is 1. The summed E-state index contributed by atoms with van der Waals surface area (Å²) in [5, 5.41) is 5.59. The highest BCUT2D eigenvalue weighted by Crippen LogP contribution is 2.20. The number of halogens is 2. The minimum Gasteiger partial charge on any atom is -0.322 e. The van der Waals surface area contributed by atoms with Crippen molar-refractivity contribution in [2.45, 2.75) is 26.3 Å². The van der Waals surface area contributed by atoms with Gasteiger partial charge in [-0.05, 0) is 38.6 Å². The molecule has 0 saturated heterocycles. The van der Waals surface area contributed by atoms with Crippen molar-refractivity contribution in [3.8, 4) is 0 Å². The average Bonchev–Trinajstić information content (AvgIpc) is 2.22. The Morgan fingerprint density at radius 3 is 2.65 bits per heavy atom. The molecule has 0 bridgehead atoms. The van der Waals surface area contributed by atoms with Crippen LogP contribution < -0.4 is 10.6 Å². The molecule has 1 rings (SSSR count). The predicted octanol–water partition coefficient (Wildman–Crippen LogP) is 2.91. The van der Waals surface area contributed by atoms with Crippen LogP contribution in [-0.4, -0.2) is 18.0 Å². The molecule has 0 radical (unpaired) electrons. The summed E-state index contributed by atoms with van der Waals surface area (Å²) in [6, 6.07) is 4.52. The minimum atomic E-state index is -0.728. The zero-order valence-corrected chi connectivity index (χ0v) is 11.7. The highest BCUT2D eigenvalue weighted by Gasteiger charge is 2.26. The second-order valence-corrected chi connectivity index (χ2v) is 5.15. The molecule has 0 unspecified atom stereocenters. The summed E-state index contributed by atoms with van der Waals surface area (Å²) in [7, 11) is 0. The largest absolute Gasteiger partial charge is 0.322 e. The summed E-state index contributed by atoms with van der Waals surface area (Å²) in [6.07, 6.45) is 0. The lowest BCUT2D eigenvalue weighted by Crippen LogP contribution is -2.49. The Labute approximate surface area is 109 Å². The fourth-order valence-corrected chi connectivity index (χ4v) is 1.72. The summed E-state index contributed by atoms with van der Waals surface area (Å²) < 4.78 is 14.2. The zero-order chi connectivity index (χ0) is 13.1. The van der Waals surface area contributed by atoms with E-state index in [1.54, 1.807) is 19.9 Å². The quantitative estimate of drug-likeness (QED) is 0.898. The Morgan fingerprint density at radius 1 is 1.47 bits per heavy atom. The molecular weight excluding hydrogens is 287 g/mol. The number of likely N-dealkylation sites (N-methyl/N-ethyl adjacent to an activating group) is 1. The molecule has 1 aromatic rings. The molecule has 0 aromatic heterocycles. The molecule has 0 aliphatic heterocycles. The van der Waals surface area contributed by atoms with E-state index in [9.17, 15) is 9.18 Å². The van der Waals surface area contributed by atoms with Crippen LogP contribution in [0.1, 0.15) is 20.8 Å². The summed E-state index contributed by atoms with van der Waals surface area (Å²) in [4.78, 5) is 11.9. The molecule has 0 aliphatic rings. The molecule has 1 amide bonds. The van der Waals surface area contributed by atoms with Gasteiger partial charge in [-0.25, -0.2) is 4.39 Å². The molecule has 0 atom stereocenters. The topological polar surface area (TPSA) is 41.1 Å². The lowest BCUT2D eigenvalue weighted by atomic mass is 10.0. The molecule has 0 saturated carbocycles. The second kappa shape index (κ2) is 5.60. The van der Waals surface area contributed by atoms with Crippen molar-refractivity contribution >= 4 is 27.5 Å². The van der Waals surface area contributed by atoms with Crippen LogP contribution in [0.4, 0.5) is 10.1 Å². The first kappa shape index (κ1) is 14.1. The first-order valence-electron chi connectivity index (χ1n) is 5.38. The predicted molar refractivity (Wildman–Crippen MR) is 70.5 cm³/mol.